The lowest BCUT2D eigenvalue weighted by Gasteiger charge is -2.14. The van der Waals surface area contributed by atoms with Crippen molar-refractivity contribution in [2.75, 3.05) is 0 Å². The average molecular weight is 152 g/mol. The van der Waals surface area contributed by atoms with E-state index < -0.39 is 11.8 Å². The summed E-state index contributed by atoms with van der Waals surface area (Å²) >= 11 is 0. The van der Waals surface area contributed by atoms with Gasteiger partial charge in [-0.05, 0) is 13.0 Å². The Hall–Kier alpha value is -1.29. The summed E-state index contributed by atoms with van der Waals surface area (Å²) in [5, 5.41) is 7.13. The van der Waals surface area contributed by atoms with Crippen molar-refractivity contribution in [1.29, 1.82) is 5.41 Å². The molecule has 0 bridgehead atoms. The summed E-state index contributed by atoms with van der Waals surface area (Å²) in [4.78, 5) is 21.8. The SMILES string of the molecule is CC1=CC(=O)C(N)C(=N)C1=O. The lowest BCUT2D eigenvalue weighted by atomic mass is 9.92. The molecule has 3 N–H and O–H groups in total. The number of carbonyl (C=O) groups excluding carboxylic acids is 2. The topological polar surface area (TPSA) is 84.0 Å². The largest absolute Gasteiger partial charge is 0.316 e. The monoisotopic (exact) mass is 152 g/mol. The summed E-state index contributed by atoms with van der Waals surface area (Å²) in [6.45, 7) is 1.50. The Bertz CT molecular complexity index is 278. The summed E-state index contributed by atoms with van der Waals surface area (Å²) in [7, 11) is 0. The Morgan fingerprint density at radius 3 is 2.64 bits per heavy atom. The van der Waals surface area contributed by atoms with E-state index in [2.05, 4.69) is 0 Å². The Balaban J connectivity index is 3.12. The molecule has 0 aliphatic heterocycles. The number of ketones is 2. The van der Waals surface area contributed by atoms with E-state index in [4.69, 9.17) is 11.1 Å². The zero-order valence-electron chi connectivity index (χ0n) is 6.05. The van der Waals surface area contributed by atoms with Gasteiger partial charge in [0, 0.05) is 5.57 Å². The van der Waals surface area contributed by atoms with Gasteiger partial charge in [0.05, 0.1) is 0 Å². The molecule has 0 aromatic rings. The Morgan fingerprint density at radius 1 is 1.55 bits per heavy atom. The first-order chi connectivity index (χ1) is 5.04. The fourth-order valence-electron chi connectivity index (χ4n) is 0.865. The van der Waals surface area contributed by atoms with Gasteiger partial charge in [-0.15, -0.1) is 0 Å². The predicted molar refractivity (Wildman–Crippen MR) is 39.5 cm³/mol. The molecule has 1 rings (SSSR count). The molecule has 0 aromatic heterocycles. The van der Waals surface area contributed by atoms with Crippen LogP contribution >= 0.6 is 0 Å². The maximum atomic E-state index is 11.0. The number of allylic oxidation sites excluding steroid dienone is 1. The molecule has 0 radical (unpaired) electrons. The summed E-state index contributed by atoms with van der Waals surface area (Å²) in [6, 6.07) is -1.05. The van der Waals surface area contributed by atoms with Crippen molar-refractivity contribution >= 4 is 17.3 Å². The van der Waals surface area contributed by atoms with Gasteiger partial charge in [0.25, 0.3) is 0 Å². The zero-order valence-corrected chi connectivity index (χ0v) is 6.05. The van der Waals surface area contributed by atoms with Crippen LogP contribution in [0.5, 0.6) is 0 Å². The Kier molecular flexibility index (Phi) is 1.70. The lowest BCUT2D eigenvalue weighted by Crippen LogP contribution is -2.44. The van der Waals surface area contributed by atoms with Gasteiger partial charge in [-0.2, -0.15) is 0 Å². The first-order valence-corrected chi connectivity index (χ1v) is 3.15. The minimum Gasteiger partial charge on any atom is -0.316 e. The molecule has 0 fully saturated rings. The fraction of sp³-hybridized carbons (Fsp3) is 0.286. The highest BCUT2D eigenvalue weighted by Crippen LogP contribution is 2.06. The van der Waals surface area contributed by atoms with Crippen molar-refractivity contribution in [1.82, 2.24) is 0 Å². The maximum absolute atomic E-state index is 11.0. The third-order valence-corrected chi connectivity index (χ3v) is 1.58. The first kappa shape index (κ1) is 7.81. The van der Waals surface area contributed by atoms with Crippen LogP contribution in [-0.2, 0) is 9.59 Å². The maximum Gasteiger partial charge on any atom is 0.204 e. The van der Waals surface area contributed by atoms with Gasteiger partial charge in [-0.3, -0.25) is 15.0 Å². The van der Waals surface area contributed by atoms with Crippen molar-refractivity contribution < 1.29 is 9.59 Å². The second kappa shape index (κ2) is 2.39. The van der Waals surface area contributed by atoms with Gasteiger partial charge in [-0.1, -0.05) is 0 Å². The van der Waals surface area contributed by atoms with Crippen LogP contribution < -0.4 is 5.73 Å². The number of rotatable bonds is 0. The smallest absolute Gasteiger partial charge is 0.204 e. The minimum atomic E-state index is -1.05. The van der Waals surface area contributed by atoms with E-state index in [1.54, 1.807) is 0 Å². The molecular formula is C7H8N2O2. The van der Waals surface area contributed by atoms with E-state index in [9.17, 15) is 9.59 Å². The molecular weight excluding hydrogens is 144 g/mol. The van der Waals surface area contributed by atoms with Crippen molar-refractivity contribution in [3.05, 3.63) is 11.6 Å². The van der Waals surface area contributed by atoms with Gasteiger partial charge in [0.15, 0.2) is 5.78 Å². The van der Waals surface area contributed by atoms with Crippen molar-refractivity contribution in [3.8, 4) is 0 Å². The number of Topliss-reactive ketones (excluding diaryl/α,β-unsaturated/α-hetero) is 1. The van der Waals surface area contributed by atoms with E-state index in [0.717, 1.165) is 0 Å². The van der Waals surface area contributed by atoms with Crippen LogP contribution in [0, 0.1) is 5.41 Å². The van der Waals surface area contributed by atoms with E-state index in [0.29, 0.717) is 5.57 Å². The summed E-state index contributed by atoms with van der Waals surface area (Å²) in [5.41, 5.74) is 5.22. The van der Waals surface area contributed by atoms with Crippen LogP contribution in [0.1, 0.15) is 6.92 Å². The molecule has 4 nitrogen and oxygen atoms in total. The predicted octanol–water partition coefficient (Wildman–Crippen LogP) is -0.568. The normalized spacial score (nSPS) is 25.5. The second-order valence-electron chi connectivity index (χ2n) is 2.45. The van der Waals surface area contributed by atoms with Gasteiger partial charge in [-0.25, -0.2) is 0 Å². The third kappa shape index (κ3) is 1.12. The van der Waals surface area contributed by atoms with E-state index in [1.165, 1.54) is 13.0 Å². The Labute approximate surface area is 63.6 Å². The molecule has 0 saturated carbocycles. The van der Waals surface area contributed by atoms with Gasteiger partial charge < -0.3 is 5.73 Å². The second-order valence-corrected chi connectivity index (χ2v) is 2.45. The molecule has 1 aliphatic rings. The molecule has 1 aliphatic carbocycles. The van der Waals surface area contributed by atoms with E-state index in [-0.39, 0.29) is 11.5 Å². The molecule has 1 unspecified atom stereocenters. The lowest BCUT2D eigenvalue weighted by molar-refractivity contribution is -0.117. The quantitative estimate of drug-likeness (QED) is 0.487. The highest BCUT2D eigenvalue weighted by atomic mass is 16.1. The molecule has 0 saturated heterocycles. The van der Waals surface area contributed by atoms with Crippen LogP contribution in [0.25, 0.3) is 0 Å². The highest BCUT2D eigenvalue weighted by molar-refractivity contribution is 6.52. The van der Waals surface area contributed by atoms with Crippen molar-refractivity contribution in [3.63, 3.8) is 0 Å². The number of hydrogen-bond acceptors (Lipinski definition) is 4. The third-order valence-electron chi connectivity index (χ3n) is 1.58. The number of hydrogen-bond donors (Lipinski definition) is 2. The van der Waals surface area contributed by atoms with E-state index in [1.807, 2.05) is 0 Å². The molecule has 0 aromatic carbocycles. The summed E-state index contributed by atoms with van der Waals surface area (Å²) < 4.78 is 0. The van der Waals surface area contributed by atoms with Crippen LogP contribution in [-0.4, -0.2) is 23.3 Å². The molecule has 1 atom stereocenters. The standard InChI is InChI=1S/C7H8N2O2/c1-3-2-4(10)5(8)6(9)7(3)11/h2,5,9H,8H2,1H3. The molecule has 4 heteroatoms. The number of nitrogens with two attached hydrogens (primary N) is 1. The highest BCUT2D eigenvalue weighted by Gasteiger charge is 2.28. The first-order valence-electron chi connectivity index (χ1n) is 3.15. The van der Waals surface area contributed by atoms with Crippen LogP contribution in [0.3, 0.4) is 0 Å². The fourth-order valence-corrected chi connectivity index (χ4v) is 0.865. The zero-order chi connectivity index (χ0) is 8.59. The molecule has 0 spiro atoms. The minimum absolute atomic E-state index is 0.293. The molecule has 11 heavy (non-hydrogen) atoms. The Morgan fingerprint density at radius 2 is 2.09 bits per heavy atom. The van der Waals surface area contributed by atoms with Crippen LogP contribution in [0.15, 0.2) is 11.6 Å². The summed E-state index contributed by atoms with van der Waals surface area (Å²) in [5.74, 6) is -0.802. The van der Waals surface area contributed by atoms with Gasteiger partial charge in [0.1, 0.15) is 11.8 Å². The average Bonchev–Trinajstić information content (AvgIpc) is 1.97. The molecule has 0 amide bonds. The van der Waals surface area contributed by atoms with Crippen molar-refractivity contribution in [2.45, 2.75) is 13.0 Å². The van der Waals surface area contributed by atoms with Crippen LogP contribution in [0.2, 0.25) is 0 Å². The van der Waals surface area contributed by atoms with Gasteiger partial charge >= 0.3 is 0 Å². The van der Waals surface area contributed by atoms with Crippen molar-refractivity contribution in [2.24, 2.45) is 5.73 Å². The number of nitrogens with one attached hydrogen (secondary N) is 1. The summed E-state index contributed by atoms with van der Waals surface area (Å²) in [6.07, 6.45) is 1.19. The molecule has 0 heterocycles. The number of carbonyl (C=O) groups is 2. The van der Waals surface area contributed by atoms with Gasteiger partial charge in [0.2, 0.25) is 5.78 Å². The van der Waals surface area contributed by atoms with Crippen LogP contribution in [0.4, 0.5) is 0 Å². The van der Waals surface area contributed by atoms with E-state index >= 15 is 0 Å². The molecule has 58 valence electrons.